The normalized spacial score (nSPS) is 10.0. The fourth-order valence-electron chi connectivity index (χ4n) is 1.11. The van der Waals surface area contributed by atoms with Crippen LogP contribution in [0.5, 0.6) is 5.75 Å². The Morgan fingerprint density at radius 1 is 1.24 bits per heavy atom. The second kappa shape index (κ2) is 8.08. The van der Waals surface area contributed by atoms with E-state index in [-0.39, 0.29) is 12.6 Å². The van der Waals surface area contributed by atoms with Crippen molar-refractivity contribution in [3.8, 4) is 5.75 Å². The summed E-state index contributed by atoms with van der Waals surface area (Å²) in [6.07, 6.45) is 0. The molecule has 0 aliphatic heterocycles. The molecule has 4 nitrogen and oxygen atoms in total. The van der Waals surface area contributed by atoms with E-state index in [1.165, 1.54) is 0 Å². The van der Waals surface area contributed by atoms with E-state index in [4.69, 9.17) is 14.2 Å². The minimum absolute atomic E-state index is 0.0302. The molecule has 1 aromatic carbocycles. The number of hydrogen-bond donors (Lipinski definition) is 0. The number of halogens is 1. The smallest absolute Gasteiger partial charge is 0.332 e. The predicted molar refractivity (Wildman–Crippen MR) is 67.1 cm³/mol. The van der Waals surface area contributed by atoms with Gasteiger partial charge in [-0.1, -0.05) is 15.9 Å². The molecule has 17 heavy (non-hydrogen) atoms. The molecule has 0 N–H and O–H groups in total. The fraction of sp³-hybridized carbons (Fsp3) is 0.417. The van der Waals surface area contributed by atoms with Crippen LogP contribution in [0, 0.1) is 0 Å². The lowest BCUT2D eigenvalue weighted by atomic mass is 10.3. The van der Waals surface area contributed by atoms with Crippen LogP contribution in [0.1, 0.15) is 6.92 Å². The topological polar surface area (TPSA) is 44.8 Å². The van der Waals surface area contributed by atoms with Crippen LogP contribution in [0.4, 0.5) is 0 Å². The molecule has 94 valence electrons. The minimum Gasteiger partial charge on any atom is -0.491 e. The Morgan fingerprint density at radius 2 is 1.94 bits per heavy atom. The number of ether oxygens (including phenoxy) is 3. The molecule has 0 aromatic heterocycles. The molecule has 0 atom stereocenters. The number of rotatable bonds is 7. The second-order valence-corrected chi connectivity index (χ2v) is 4.08. The van der Waals surface area contributed by atoms with Gasteiger partial charge in [-0.3, -0.25) is 0 Å². The molecule has 0 aliphatic rings. The Balaban J connectivity index is 2.08. The van der Waals surface area contributed by atoms with Crippen LogP contribution in [0.25, 0.3) is 0 Å². The summed E-state index contributed by atoms with van der Waals surface area (Å²) in [6, 6.07) is 7.51. The summed E-state index contributed by atoms with van der Waals surface area (Å²) in [7, 11) is 0. The van der Waals surface area contributed by atoms with E-state index in [9.17, 15) is 4.79 Å². The van der Waals surface area contributed by atoms with Crippen molar-refractivity contribution >= 4 is 21.9 Å². The quantitative estimate of drug-likeness (QED) is 0.573. The molecule has 0 spiro atoms. The summed E-state index contributed by atoms with van der Waals surface area (Å²) in [5.74, 6) is 0.420. The van der Waals surface area contributed by atoms with Gasteiger partial charge in [0.25, 0.3) is 0 Å². The van der Waals surface area contributed by atoms with Crippen LogP contribution >= 0.6 is 15.9 Å². The van der Waals surface area contributed by atoms with Gasteiger partial charge >= 0.3 is 5.97 Å². The van der Waals surface area contributed by atoms with Crippen molar-refractivity contribution in [2.45, 2.75) is 6.92 Å². The molecule has 1 rings (SSSR count). The second-order valence-electron chi connectivity index (χ2n) is 3.16. The maximum absolute atomic E-state index is 10.9. The van der Waals surface area contributed by atoms with E-state index in [2.05, 4.69) is 15.9 Å². The number of benzene rings is 1. The van der Waals surface area contributed by atoms with Gasteiger partial charge in [0, 0.05) is 4.47 Å². The molecule has 0 radical (unpaired) electrons. The molecule has 0 bridgehead atoms. The summed E-state index contributed by atoms with van der Waals surface area (Å²) in [6.45, 7) is 2.86. The average molecular weight is 303 g/mol. The Labute approximate surface area is 109 Å². The van der Waals surface area contributed by atoms with Gasteiger partial charge in [-0.05, 0) is 31.2 Å². The summed E-state index contributed by atoms with van der Waals surface area (Å²) in [5.41, 5.74) is 0. The third kappa shape index (κ3) is 6.28. The van der Waals surface area contributed by atoms with Crippen LogP contribution in [0.3, 0.4) is 0 Å². The molecular weight excluding hydrogens is 288 g/mol. The highest BCUT2D eigenvalue weighted by Gasteiger charge is 2.00. The Kier molecular flexibility index (Phi) is 6.65. The third-order valence-corrected chi connectivity index (χ3v) is 2.36. The van der Waals surface area contributed by atoms with Crippen molar-refractivity contribution in [2.24, 2.45) is 0 Å². The monoisotopic (exact) mass is 302 g/mol. The third-order valence-electron chi connectivity index (χ3n) is 1.84. The summed E-state index contributed by atoms with van der Waals surface area (Å²) in [5, 5.41) is 0. The summed E-state index contributed by atoms with van der Waals surface area (Å²) < 4.78 is 16.2. The van der Waals surface area contributed by atoms with Gasteiger partial charge in [0.1, 0.15) is 19.0 Å². The van der Waals surface area contributed by atoms with E-state index in [1.54, 1.807) is 6.92 Å². The average Bonchev–Trinajstić information content (AvgIpc) is 2.31. The van der Waals surface area contributed by atoms with Gasteiger partial charge in [-0.25, -0.2) is 4.79 Å². The van der Waals surface area contributed by atoms with Gasteiger partial charge in [-0.2, -0.15) is 0 Å². The summed E-state index contributed by atoms with van der Waals surface area (Å²) in [4.78, 5) is 10.9. The zero-order valence-corrected chi connectivity index (χ0v) is 11.2. The predicted octanol–water partition coefficient (Wildman–Crippen LogP) is 2.41. The van der Waals surface area contributed by atoms with Crippen LogP contribution in [0.15, 0.2) is 28.7 Å². The molecule has 0 fully saturated rings. The Hall–Kier alpha value is -1.07. The number of esters is 1. The van der Waals surface area contributed by atoms with Gasteiger partial charge < -0.3 is 14.2 Å². The Morgan fingerprint density at radius 3 is 2.59 bits per heavy atom. The van der Waals surface area contributed by atoms with Crippen LogP contribution < -0.4 is 4.74 Å². The van der Waals surface area contributed by atoms with Gasteiger partial charge in [0.15, 0.2) is 0 Å². The molecular formula is C12H15BrO4. The number of hydrogen-bond acceptors (Lipinski definition) is 4. The van der Waals surface area contributed by atoms with Crippen molar-refractivity contribution < 1.29 is 19.0 Å². The van der Waals surface area contributed by atoms with Crippen LogP contribution in [-0.4, -0.2) is 32.4 Å². The standard InChI is InChI=1S/C12H15BrO4/c1-2-16-12(14)9-15-7-8-17-11-5-3-10(13)4-6-11/h3-6H,2,7-9H2,1H3. The highest BCUT2D eigenvalue weighted by Crippen LogP contribution is 2.15. The first kappa shape index (κ1) is 14.0. The van der Waals surface area contributed by atoms with Crippen LogP contribution in [-0.2, 0) is 14.3 Å². The highest BCUT2D eigenvalue weighted by atomic mass is 79.9. The molecule has 0 amide bonds. The largest absolute Gasteiger partial charge is 0.491 e. The minimum atomic E-state index is -0.351. The molecule has 5 heteroatoms. The van der Waals surface area contributed by atoms with Crippen LogP contribution in [0.2, 0.25) is 0 Å². The lowest BCUT2D eigenvalue weighted by Crippen LogP contribution is -2.15. The molecule has 1 aromatic rings. The van der Waals surface area contributed by atoms with E-state index < -0.39 is 0 Å². The van der Waals surface area contributed by atoms with Crippen molar-refractivity contribution in [3.05, 3.63) is 28.7 Å². The van der Waals surface area contributed by atoms with Gasteiger partial charge in [-0.15, -0.1) is 0 Å². The zero-order valence-electron chi connectivity index (χ0n) is 9.65. The first-order valence-electron chi connectivity index (χ1n) is 5.34. The maximum atomic E-state index is 10.9. The van der Waals surface area contributed by atoms with E-state index in [1.807, 2.05) is 24.3 Å². The molecule has 0 aliphatic carbocycles. The first-order chi connectivity index (χ1) is 8.22. The van der Waals surface area contributed by atoms with Gasteiger partial charge in [0.05, 0.1) is 13.2 Å². The van der Waals surface area contributed by atoms with E-state index in [0.29, 0.717) is 19.8 Å². The number of carbonyl (C=O) groups is 1. The van der Waals surface area contributed by atoms with Crippen molar-refractivity contribution in [1.29, 1.82) is 0 Å². The van der Waals surface area contributed by atoms with Crippen molar-refractivity contribution in [1.82, 2.24) is 0 Å². The van der Waals surface area contributed by atoms with E-state index >= 15 is 0 Å². The molecule has 0 saturated heterocycles. The SMILES string of the molecule is CCOC(=O)COCCOc1ccc(Br)cc1. The molecule has 0 saturated carbocycles. The van der Waals surface area contributed by atoms with Crippen molar-refractivity contribution in [3.63, 3.8) is 0 Å². The van der Waals surface area contributed by atoms with Gasteiger partial charge in [0.2, 0.25) is 0 Å². The lowest BCUT2D eigenvalue weighted by Gasteiger charge is -2.06. The first-order valence-corrected chi connectivity index (χ1v) is 6.13. The lowest BCUT2D eigenvalue weighted by molar-refractivity contribution is -0.148. The molecule has 0 heterocycles. The molecule has 0 unspecified atom stereocenters. The van der Waals surface area contributed by atoms with Crippen molar-refractivity contribution in [2.75, 3.05) is 26.4 Å². The zero-order chi connectivity index (χ0) is 12.5. The fourth-order valence-corrected chi connectivity index (χ4v) is 1.37. The highest BCUT2D eigenvalue weighted by molar-refractivity contribution is 9.10. The summed E-state index contributed by atoms with van der Waals surface area (Å²) >= 11 is 3.34. The Bertz CT molecular complexity index is 337. The maximum Gasteiger partial charge on any atom is 0.332 e. The number of carbonyl (C=O) groups excluding carboxylic acids is 1. The van der Waals surface area contributed by atoms with E-state index in [0.717, 1.165) is 10.2 Å².